The number of unbranched alkanes of at least 4 members (excludes halogenated alkanes) is 24. The molecule has 0 spiro atoms. The number of rotatable bonds is 48. The molecule has 0 saturated carbocycles. The molecule has 2 atom stereocenters. The van der Waals surface area contributed by atoms with E-state index in [0.717, 1.165) is 57.8 Å². The highest BCUT2D eigenvalue weighted by Crippen LogP contribution is 2.43. The Morgan fingerprint density at radius 3 is 1.38 bits per heavy atom. The van der Waals surface area contributed by atoms with Gasteiger partial charge in [0.15, 0.2) is 0 Å². The molecule has 0 aliphatic carbocycles. The number of carbonyl (C=O) groups is 1. The first kappa shape index (κ1) is 61.2. The van der Waals surface area contributed by atoms with Crippen LogP contribution in [0.1, 0.15) is 219 Å². The van der Waals surface area contributed by atoms with Crippen LogP contribution < -0.4 is 0 Å². The molecule has 2 unspecified atom stereocenters. The molecule has 8 nitrogen and oxygen atoms in total. The molecule has 1 N–H and O–H groups in total. The van der Waals surface area contributed by atoms with Crippen LogP contribution in [0.4, 0.5) is 0 Å². The Morgan fingerprint density at radius 2 is 0.921 bits per heavy atom. The van der Waals surface area contributed by atoms with E-state index in [-0.39, 0.29) is 25.8 Å². The highest BCUT2D eigenvalue weighted by Gasteiger charge is 2.26. The fourth-order valence-electron chi connectivity index (χ4n) is 7.07. The van der Waals surface area contributed by atoms with Crippen molar-refractivity contribution in [1.29, 1.82) is 0 Å². The van der Waals surface area contributed by atoms with E-state index in [1.807, 2.05) is 21.1 Å². The van der Waals surface area contributed by atoms with Gasteiger partial charge in [0.25, 0.3) is 0 Å². The molecule has 9 heteroatoms. The molecule has 0 radical (unpaired) electrons. The lowest BCUT2D eigenvalue weighted by atomic mass is 10.0. The lowest BCUT2D eigenvalue weighted by Gasteiger charge is -2.24. The highest BCUT2D eigenvalue weighted by molar-refractivity contribution is 7.47. The number of quaternary nitrogens is 1. The zero-order chi connectivity index (χ0) is 46.2. The van der Waals surface area contributed by atoms with E-state index < -0.39 is 13.9 Å². The predicted octanol–water partition coefficient (Wildman–Crippen LogP) is 16.1. The Bertz CT molecular complexity index is 1190. The van der Waals surface area contributed by atoms with Crippen molar-refractivity contribution >= 4 is 13.8 Å². The fourth-order valence-corrected chi connectivity index (χ4v) is 7.81. The molecule has 0 aliphatic heterocycles. The number of ether oxygens (including phenoxy) is 2. The number of hydrogen-bond acceptors (Lipinski definition) is 6. The van der Waals surface area contributed by atoms with Gasteiger partial charge >= 0.3 is 13.8 Å². The number of allylic oxidation sites excluding steroid dienone is 10. The highest BCUT2D eigenvalue weighted by atomic mass is 31.2. The van der Waals surface area contributed by atoms with Gasteiger partial charge in [0.1, 0.15) is 19.3 Å². The maximum Gasteiger partial charge on any atom is 0.472 e. The first-order valence-corrected chi connectivity index (χ1v) is 27.5. The van der Waals surface area contributed by atoms with E-state index in [1.165, 1.54) is 141 Å². The summed E-state index contributed by atoms with van der Waals surface area (Å²) in [7, 11) is 1.66. The van der Waals surface area contributed by atoms with Crippen molar-refractivity contribution in [3.05, 3.63) is 60.8 Å². The van der Waals surface area contributed by atoms with Crippen LogP contribution in [-0.4, -0.2) is 75.6 Å². The smallest absolute Gasteiger partial charge is 0.457 e. The molecule has 63 heavy (non-hydrogen) atoms. The number of carbonyl (C=O) groups excluding carboxylic acids is 1. The molecule has 0 heterocycles. The van der Waals surface area contributed by atoms with E-state index in [2.05, 4.69) is 74.6 Å². The minimum absolute atomic E-state index is 0.0847. The molecule has 0 aliphatic rings. The molecule has 368 valence electrons. The summed E-state index contributed by atoms with van der Waals surface area (Å²) in [6.45, 7) is 5.50. The molecule has 0 aromatic heterocycles. The van der Waals surface area contributed by atoms with Crippen LogP contribution in [0.15, 0.2) is 60.8 Å². The van der Waals surface area contributed by atoms with Crippen molar-refractivity contribution in [3.8, 4) is 0 Å². The standard InChI is InChI=1S/C54H100NO7P/c1-6-8-10-12-14-16-18-20-22-24-26-27-28-29-30-31-33-35-37-39-41-43-45-47-54(56)62-53(52-61-63(57,58)60-50-48-55(3,4)5)51-59-49-46-44-42-40-38-36-34-32-25-23-21-19-17-15-13-11-9-7-2/h9,11,15,17-18,20-21,23-24,26,53H,6-8,10,12-14,16,19,22,25,27-52H2,1-5H3/p+1/b11-9-,17-15-,20-18-,23-21-,26-24-. The summed E-state index contributed by atoms with van der Waals surface area (Å²) in [5.41, 5.74) is 0. The topological polar surface area (TPSA) is 91.3 Å². The van der Waals surface area contributed by atoms with Gasteiger partial charge in [-0.15, -0.1) is 0 Å². The average molecular weight is 907 g/mol. The van der Waals surface area contributed by atoms with Gasteiger partial charge in [-0.3, -0.25) is 13.8 Å². The van der Waals surface area contributed by atoms with Crippen molar-refractivity contribution in [2.75, 3.05) is 54.1 Å². The largest absolute Gasteiger partial charge is 0.472 e. The summed E-state index contributed by atoms with van der Waals surface area (Å²) in [5, 5.41) is 0. The van der Waals surface area contributed by atoms with Crippen LogP contribution in [0.3, 0.4) is 0 Å². The monoisotopic (exact) mass is 907 g/mol. The third-order valence-corrected chi connectivity index (χ3v) is 12.0. The van der Waals surface area contributed by atoms with Gasteiger partial charge < -0.3 is 18.9 Å². The van der Waals surface area contributed by atoms with Gasteiger partial charge in [0.05, 0.1) is 34.4 Å². The molecule has 0 bridgehead atoms. The molecule has 0 rings (SSSR count). The minimum atomic E-state index is -4.29. The summed E-state index contributed by atoms with van der Waals surface area (Å²) in [6, 6.07) is 0. The predicted molar refractivity (Wildman–Crippen MR) is 270 cm³/mol. The molecule has 0 saturated heterocycles. The number of likely N-dealkylation sites (N-methyl/N-ethyl adjacent to an activating group) is 1. The third kappa shape index (κ3) is 51.1. The van der Waals surface area contributed by atoms with E-state index in [9.17, 15) is 14.3 Å². The second-order valence-electron chi connectivity index (χ2n) is 18.5. The van der Waals surface area contributed by atoms with E-state index in [0.29, 0.717) is 24.1 Å². The van der Waals surface area contributed by atoms with Gasteiger partial charge in [-0.1, -0.05) is 197 Å². The zero-order valence-corrected chi connectivity index (χ0v) is 42.7. The van der Waals surface area contributed by atoms with Crippen molar-refractivity contribution < 1.29 is 37.3 Å². The minimum Gasteiger partial charge on any atom is -0.457 e. The number of hydrogen-bond donors (Lipinski definition) is 1. The molecular formula is C54H101NO7P+. The number of phosphoric ester groups is 1. The van der Waals surface area contributed by atoms with Gasteiger partial charge in [-0.05, 0) is 77.0 Å². The van der Waals surface area contributed by atoms with Gasteiger partial charge in [-0.2, -0.15) is 0 Å². The normalized spacial score (nSPS) is 14.1. The summed E-state index contributed by atoms with van der Waals surface area (Å²) < 4.78 is 35.2. The molecule has 0 aromatic carbocycles. The van der Waals surface area contributed by atoms with Gasteiger partial charge in [0.2, 0.25) is 0 Å². The second-order valence-corrected chi connectivity index (χ2v) is 20.0. The summed E-state index contributed by atoms with van der Waals surface area (Å²) in [6.07, 6.45) is 59.8. The third-order valence-electron chi connectivity index (χ3n) is 11.1. The number of nitrogens with zero attached hydrogens (tertiary/aromatic N) is 1. The Morgan fingerprint density at radius 1 is 0.508 bits per heavy atom. The Balaban J connectivity index is 4.14. The van der Waals surface area contributed by atoms with Crippen LogP contribution in [0.5, 0.6) is 0 Å². The van der Waals surface area contributed by atoms with Crippen molar-refractivity contribution in [1.82, 2.24) is 0 Å². The second kappa shape index (κ2) is 46.7. The van der Waals surface area contributed by atoms with Crippen LogP contribution in [-0.2, 0) is 27.9 Å². The van der Waals surface area contributed by atoms with Crippen LogP contribution >= 0.6 is 7.82 Å². The van der Waals surface area contributed by atoms with Crippen LogP contribution in [0, 0.1) is 0 Å². The zero-order valence-electron chi connectivity index (χ0n) is 41.8. The molecular weight excluding hydrogens is 806 g/mol. The fraction of sp³-hybridized carbons (Fsp3) is 0.796. The number of phosphoric acid groups is 1. The number of esters is 1. The van der Waals surface area contributed by atoms with E-state index in [4.69, 9.17) is 18.5 Å². The molecule has 0 fully saturated rings. The Hall–Kier alpha value is -1.80. The maximum atomic E-state index is 12.8. The van der Waals surface area contributed by atoms with Crippen molar-refractivity contribution in [2.24, 2.45) is 0 Å². The van der Waals surface area contributed by atoms with Crippen molar-refractivity contribution in [2.45, 2.75) is 225 Å². The van der Waals surface area contributed by atoms with E-state index >= 15 is 0 Å². The Labute approximate surface area is 390 Å². The quantitative estimate of drug-likeness (QED) is 0.0214. The summed E-state index contributed by atoms with van der Waals surface area (Å²) >= 11 is 0. The summed E-state index contributed by atoms with van der Waals surface area (Å²) in [4.78, 5) is 23.0. The van der Waals surface area contributed by atoms with Gasteiger partial charge in [-0.25, -0.2) is 4.57 Å². The van der Waals surface area contributed by atoms with Crippen LogP contribution in [0.25, 0.3) is 0 Å². The lowest BCUT2D eigenvalue weighted by molar-refractivity contribution is -0.870. The first-order chi connectivity index (χ1) is 30.6. The first-order valence-electron chi connectivity index (χ1n) is 26.0. The Kier molecular flexibility index (Phi) is 45.4. The maximum absolute atomic E-state index is 12.8. The summed E-state index contributed by atoms with van der Waals surface area (Å²) in [5.74, 6) is -0.319. The van der Waals surface area contributed by atoms with Gasteiger partial charge in [0, 0.05) is 13.0 Å². The molecule has 0 aromatic rings. The SMILES string of the molecule is CC/C=C\C/C=C\C/C=C\CCCCCCCCCCOCC(COP(=O)(O)OCC[N+](C)(C)C)OC(=O)CCCCCCCCCCCCC/C=C\C/C=C\CCCCCCC. The lowest BCUT2D eigenvalue weighted by Crippen LogP contribution is -2.37. The molecule has 0 amide bonds. The average Bonchev–Trinajstić information content (AvgIpc) is 3.24. The van der Waals surface area contributed by atoms with Crippen molar-refractivity contribution in [3.63, 3.8) is 0 Å². The van der Waals surface area contributed by atoms with E-state index in [1.54, 1.807) is 0 Å². The van der Waals surface area contributed by atoms with Crippen LogP contribution in [0.2, 0.25) is 0 Å².